The maximum atomic E-state index is 5.61. The fourth-order valence-corrected chi connectivity index (χ4v) is 3.32. The predicted octanol–water partition coefficient (Wildman–Crippen LogP) is 4.60. The van der Waals surface area contributed by atoms with Gasteiger partial charge < -0.3 is 4.40 Å². The molecule has 5 nitrogen and oxygen atoms in total. The monoisotopic (exact) mass is 369 g/mol. The molecule has 0 fully saturated rings. The zero-order valence-electron chi connectivity index (χ0n) is 16.6. The number of nitrogens with zero attached hydrogens (tertiary/aromatic N) is 5. The van der Waals surface area contributed by atoms with Crippen LogP contribution in [0.3, 0.4) is 0 Å². The molecular weight excluding hydrogens is 346 g/mol. The second-order valence-corrected chi connectivity index (χ2v) is 8.29. The summed E-state index contributed by atoms with van der Waals surface area (Å²) in [5.74, 6) is 2.64. The fourth-order valence-electron chi connectivity index (χ4n) is 3.32. The smallest absolute Gasteiger partial charge is 0.137 e. The van der Waals surface area contributed by atoms with E-state index < -0.39 is 0 Å². The number of aromatic nitrogens is 5. The van der Waals surface area contributed by atoms with Crippen LogP contribution >= 0.6 is 0 Å². The number of pyridine rings is 2. The highest BCUT2D eigenvalue weighted by atomic mass is 15.3. The second kappa shape index (κ2) is 6.65. The van der Waals surface area contributed by atoms with Crippen molar-refractivity contribution < 1.29 is 0 Å². The minimum Gasteiger partial charge on any atom is -0.307 e. The van der Waals surface area contributed by atoms with Gasteiger partial charge in [-0.1, -0.05) is 26.7 Å². The maximum absolute atomic E-state index is 5.61. The van der Waals surface area contributed by atoms with Crippen molar-refractivity contribution in [3.05, 3.63) is 60.4 Å². The number of hydrogen-bond acceptors (Lipinski definition) is 3. The number of rotatable bonds is 3. The molecule has 0 amide bonds. The Bertz CT molecular complexity index is 1200. The Morgan fingerprint density at radius 1 is 1.07 bits per heavy atom. The van der Waals surface area contributed by atoms with Gasteiger partial charge in [0.2, 0.25) is 0 Å². The molecule has 4 heterocycles. The summed E-state index contributed by atoms with van der Waals surface area (Å²) in [5, 5.41) is 4.54. The number of aryl methyl sites for hydroxylation is 1. The molecule has 0 bridgehead atoms. The van der Waals surface area contributed by atoms with E-state index in [1.165, 1.54) is 0 Å². The molecular formula is C23H23N5. The van der Waals surface area contributed by atoms with Crippen LogP contribution < -0.4 is 0 Å². The Morgan fingerprint density at radius 3 is 2.64 bits per heavy atom. The lowest BCUT2D eigenvalue weighted by molar-refractivity contribution is 0.325. The van der Waals surface area contributed by atoms with E-state index in [1.807, 2.05) is 58.9 Å². The Kier molecular flexibility index (Phi) is 4.27. The van der Waals surface area contributed by atoms with E-state index in [4.69, 9.17) is 11.4 Å². The van der Waals surface area contributed by atoms with Gasteiger partial charge in [-0.2, -0.15) is 5.10 Å². The van der Waals surface area contributed by atoms with Crippen molar-refractivity contribution in [2.45, 2.75) is 34.2 Å². The summed E-state index contributed by atoms with van der Waals surface area (Å²) >= 11 is 0. The molecule has 5 heteroatoms. The predicted molar refractivity (Wildman–Crippen MR) is 112 cm³/mol. The Morgan fingerprint density at radius 2 is 1.89 bits per heavy atom. The number of fused-ring (bicyclic) bond motifs is 1. The maximum Gasteiger partial charge on any atom is 0.137 e. The molecule has 0 N–H and O–H groups in total. The lowest BCUT2D eigenvalue weighted by Crippen LogP contribution is -2.15. The lowest BCUT2D eigenvalue weighted by Gasteiger charge is -2.17. The van der Waals surface area contributed by atoms with E-state index in [2.05, 4.69) is 43.0 Å². The van der Waals surface area contributed by atoms with Gasteiger partial charge in [0.25, 0.3) is 0 Å². The zero-order chi connectivity index (χ0) is 19.9. The first-order chi connectivity index (χ1) is 13.3. The van der Waals surface area contributed by atoms with Crippen LogP contribution in [0.5, 0.6) is 0 Å². The van der Waals surface area contributed by atoms with Gasteiger partial charge in [0.05, 0.1) is 17.6 Å². The first kappa shape index (κ1) is 18.0. The van der Waals surface area contributed by atoms with Crippen molar-refractivity contribution in [2.75, 3.05) is 0 Å². The molecule has 0 atom stereocenters. The van der Waals surface area contributed by atoms with Gasteiger partial charge in [0, 0.05) is 41.8 Å². The van der Waals surface area contributed by atoms with E-state index >= 15 is 0 Å². The van der Waals surface area contributed by atoms with Crippen LogP contribution in [0.15, 0.2) is 49.1 Å². The van der Waals surface area contributed by atoms with Crippen molar-refractivity contribution in [1.82, 2.24) is 24.1 Å². The molecule has 0 radical (unpaired) electrons. The summed E-state index contributed by atoms with van der Waals surface area (Å²) in [6.45, 7) is 9.43. The van der Waals surface area contributed by atoms with Crippen molar-refractivity contribution in [1.29, 1.82) is 0 Å². The van der Waals surface area contributed by atoms with Gasteiger partial charge in [0.15, 0.2) is 0 Å². The van der Waals surface area contributed by atoms with Crippen LogP contribution in [0.25, 0.3) is 28.0 Å². The van der Waals surface area contributed by atoms with Gasteiger partial charge in [0.1, 0.15) is 11.3 Å². The molecule has 0 aromatic carbocycles. The summed E-state index contributed by atoms with van der Waals surface area (Å²) in [7, 11) is 0. The molecule has 140 valence electrons. The zero-order valence-corrected chi connectivity index (χ0v) is 16.6. The summed E-state index contributed by atoms with van der Waals surface area (Å²) in [5.41, 5.74) is 6.48. The van der Waals surface area contributed by atoms with Crippen LogP contribution in [0.1, 0.15) is 32.2 Å². The SMILES string of the molecule is C#Cc1ccc(-c2cnn(CC(C)(C)C)c2)c(-c2ccn3cc(C)nc3c2)n1. The summed E-state index contributed by atoms with van der Waals surface area (Å²) in [4.78, 5) is 9.29. The number of hydrogen-bond donors (Lipinski definition) is 0. The van der Waals surface area contributed by atoms with E-state index in [0.29, 0.717) is 5.69 Å². The van der Waals surface area contributed by atoms with Crippen LogP contribution in [0.2, 0.25) is 0 Å². The minimum atomic E-state index is 0.154. The highest BCUT2D eigenvalue weighted by Gasteiger charge is 2.16. The van der Waals surface area contributed by atoms with Gasteiger partial charge in [-0.3, -0.25) is 4.68 Å². The largest absolute Gasteiger partial charge is 0.307 e. The Balaban J connectivity index is 1.83. The minimum absolute atomic E-state index is 0.154. The molecule has 0 saturated heterocycles. The second-order valence-electron chi connectivity index (χ2n) is 8.29. The fraction of sp³-hybridized carbons (Fsp3) is 0.261. The van der Waals surface area contributed by atoms with E-state index in [-0.39, 0.29) is 5.41 Å². The Labute approximate surface area is 165 Å². The van der Waals surface area contributed by atoms with Crippen LogP contribution in [-0.4, -0.2) is 24.1 Å². The molecule has 0 aliphatic carbocycles. The summed E-state index contributed by atoms with van der Waals surface area (Å²) in [6, 6.07) is 7.98. The molecule has 0 aliphatic heterocycles. The van der Waals surface area contributed by atoms with Crippen LogP contribution in [0, 0.1) is 24.7 Å². The quantitative estimate of drug-likeness (QED) is 0.496. The van der Waals surface area contributed by atoms with Crippen molar-refractivity contribution in [3.63, 3.8) is 0 Å². The topological polar surface area (TPSA) is 48.0 Å². The van der Waals surface area contributed by atoms with Gasteiger partial charge >= 0.3 is 0 Å². The first-order valence-corrected chi connectivity index (χ1v) is 9.29. The van der Waals surface area contributed by atoms with Crippen molar-refractivity contribution in [3.8, 4) is 34.7 Å². The average Bonchev–Trinajstić information content (AvgIpc) is 3.24. The third-order valence-corrected chi connectivity index (χ3v) is 4.48. The Hall–Kier alpha value is -3.39. The summed E-state index contributed by atoms with van der Waals surface area (Å²) in [6.07, 6.45) is 13.6. The van der Waals surface area contributed by atoms with Crippen LogP contribution in [-0.2, 0) is 6.54 Å². The molecule has 0 spiro atoms. The number of imidazole rings is 1. The van der Waals surface area contributed by atoms with E-state index in [9.17, 15) is 0 Å². The highest BCUT2D eigenvalue weighted by Crippen LogP contribution is 2.31. The molecule has 28 heavy (non-hydrogen) atoms. The molecule has 4 rings (SSSR count). The molecule has 0 aliphatic rings. The van der Waals surface area contributed by atoms with Crippen molar-refractivity contribution in [2.24, 2.45) is 5.41 Å². The highest BCUT2D eigenvalue weighted by molar-refractivity contribution is 5.81. The van der Waals surface area contributed by atoms with Gasteiger partial charge in [-0.05, 0) is 36.6 Å². The van der Waals surface area contributed by atoms with Gasteiger partial charge in [-0.25, -0.2) is 9.97 Å². The van der Waals surface area contributed by atoms with E-state index in [1.54, 1.807) is 0 Å². The lowest BCUT2D eigenvalue weighted by atomic mass is 9.97. The normalized spacial score (nSPS) is 11.7. The van der Waals surface area contributed by atoms with E-state index in [0.717, 1.165) is 40.3 Å². The number of terminal acetylenes is 1. The first-order valence-electron chi connectivity index (χ1n) is 9.29. The standard InChI is InChI=1S/C23H23N5/c1-6-19-7-8-20(18-12-24-28(14-18)15-23(3,4)5)22(26-19)17-9-10-27-13-16(2)25-21(27)11-17/h1,7-14H,15H2,2-5H3. The average molecular weight is 369 g/mol. The summed E-state index contributed by atoms with van der Waals surface area (Å²) < 4.78 is 3.99. The molecule has 0 unspecified atom stereocenters. The molecule has 0 saturated carbocycles. The third kappa shape index (κ3) is 3.54. The molecule has 4 aromatic heterocycles. The van der Waals surface area contributed by atoms with Crippen LogP contribution in [0.4, 0.5) is 0 Å². The third-order valence-electron chi connectivity index (χ3n) is 4.48. The van der Waals surface area contributed by atoms with Gasteiger partial charge in [-0.15, -0.1) is 6.42 Å². The molecule has 4 aromatic rings. The van der Waals surface area contributed by atoms with Crippen molar-refractivity contribution >= 4 is 5.65 Å².